The summed E-state index contributed by atoms with van der Waals surface area (Å²) in [6.45, 7) is 1.99. The van der Waals surface area contributed by atoms with Crippen molar-refractivity contribution in [2.24, 2.45) is 5.92 Å². The maximum absolute atomic E-state index is 12.4. The van der Waals surface area contributed by atoms with Crippen LogP contribution in [0.3, 0.4) is 0 Å². The summed E-state index contributed by atoms with van der Waals surface area (Å²) >= 11 is 0. The average Bonchev–Trinajstić information content (AvgIpc) is 3.00. The predicted molar refractivity (Wildman–Crippen MR) is 99.6 cm³/mol. The van der Waals surface area contributed by atoms with Crippen LogP contribution in [0, 0.1) is 23.0 Å². The summed E-state index contributed by atoms with van der Waals surface area (Å²) in [6.07, 6.45) is 5.11. The molecule has 0 bridgehead atoms. The molecule has 0 aromatic heterocycles. The summed E-state index contributed by atoms with van der Waals surface area (Å²) in [5.74, 6) is -0.678. The zero-order valence-electron chi connectivity index (χ0n) is 15.4. The van der Waals surface area contributed by atoms with Crippen LogP contribution in [0.1, 0.15) is 44.1 Å². The highest BCUT2D eigenvalue weighted by Gasteiger charge is 2.44. The second-order valence-corrected chi connectivity index (χ2v) is 7.44. The van der Waals surface area contributed by atoms with Gasteiger partial charge >= 0.3 is 5.97 Å². The highest BCUT2D eigenvalue weighted by molar-refractivity contribution is 5.92. The van der Waals surface area contributed by atoms with Gasteiger partial charge in [0.15, 0.2) is 0 Å². The fraction of sp³-hybridized carbons (Fsp3) is 0.579. The van der Waals surface area contributed by atoms with Crippen molar-refractivity contribution in [1.82, 2.24) is 4.90 Å². The topological polar surface area (TPSA) is 113 Å². The molecular formula is C19H25N3O5. The highest BCUT2D eigenvalue weighted by Crippen LogP contribution is 2.39. The smallest absolute Gasteiger partial charge is 0.320 e. The highest BCUT2D eigenvalue weighted by atomic mass is 16.6. The van der Waals surface area contributed by atoms with Crippen molar-refractivity contribution in [2.75, 3.05) is 11.9 Å². The van der Waals surface area contributed by atoms with E-state index in [0.29, 0.717) is 30.1 Å². The number of carbonyl (C=O) groups excluding carboxylic acids is 1. The number of carboxylic acid groups (broad SMARTS) is 1. The summed E-state index contributed by atoms with van der Waals surface area (Å²) in [7, 11) is 0. The number of nitrogens with zero attached hydrogens (tertiary/aromatic N) is 2. The molecule has 2 N–H and O–H groups in total. The molecule has 3 atom stereocenters. The molecule has 1 amide bonds. The lowest BCUT2D eigenvalue weighted by atomic mass is 9.85. The number of rotatable bonds is 6. The average molecular weight is 375 g/mol. The monoisotopic (exact) mass is 375 g/mol. The number of likely N-dealkylation sites (tertiary alicyclic amines) is 1. The van der Waals surface area contributed by atoms with E-state index >= 15 is 0 Å². The zero-order chi connectivity index (χ0) is 19.6. The summed E-state index contributed by atoms with van der Waals surface area (Å²) < 4.78 is 0. The van der Waals surface area contributed by atoms with Gasteiger partial charge in [-0.2, -0.15) is 0 Å². The lowest BCUT2D eigenvalue weighted by molar-refractivity contribution is -0.385. The second kappa shape index (κ2) is 8.04. The Morgan fingerprint density at radius 1 is 1.33 bits per heavy atom. The molecule has 0 spiro atoms. The Morgan fingerprint density at radius 2 is 2.07 bits per heavy atom. The van der Waals surface area contributed by atoms with Crippen LogP contribution < -0.4 is 5.32 Å². The Morgan fingerprint density at radius 3 is 2.78 bits per heavy atom. The predicted octanol–water partition coefficient (Wildman–Crippen LogP) is 2.95. The first-order chi connectivity index (χ1) is 12.9. The molecule has 1 aromatic rings. The van der Waals surface area contributed by atoms with Gasteiger partial charge in [-0.1, -0.05) is 18.9 Å². The van der Waals surface area contributed by atoms with E-state index in [1.54, 1.807) is 13.0 Å². The van der Waals surface area contributed by atoms with Crippen molar-refractivity contribution < 1.29 is 19.6 Å². The van der Waals surface area contributed by atoms with Crippen LogP contribution in [0.5, 0.6) is 0 Å². The third kappa shape index (κ3) is 4.10. The Balaban J connectivity index is 1.64. The Kier molecular flexibility index (Phi) is 5.74. The number of benzene rings is 1. The van der Waals surface area contributed by atoms with Gasteiger partial charge in [0.25, 0.3) is 5.69 Å². The maximum atomic E-state index is 12.4. The van der Waals surface area contributed by atoms with E-state index in [-0.39, 0.29) is 24.1 Å². The maximum Gasteiger partial charge on any atom is 0.320 e. The number of hydrogen-bond donors (Lipinski definition) is 2. The lowest BCUT2D eigenvalue weighted by Gasteiger charge is -2.32. The number of carboxylic acids is 1. The number of anilines is 1. The number of carbonyl (C=O) groups is 2. The van der Waals surface area contributed by atoms with E-state index in [2.05, 4.69) is 5.32 Å². The number of fused-ring (bicyclic) bond motifs is 1. The number of amides is 1. The van der Waals surface area contributed by atoms with E-state index in [9.17, 15) is 24.8 Å². The van der Waals surface area contributed by atoms with Crippen LogP contribution in [-0.4, -0.2) is 45.4 Å². The summed E-state index contributed by atoms with van der Waals surface area (Å²) in [5.41, 5.74) is 0.789. The summed E-state index contributed by atoms with van der Waals surface area (Å²) in [6, 6.07) is 4.29. The third-order valence-corrected chi connectivity index (χ3v) is 5.88. The van der Waals surface area contributed by atoms with Gasteiger partial charge in [-0.05, 0) is 38.2 Å². The number of aliphatic carboxylic acids is 1. The lowest BCUT2D eigenvalue weighted by Crippen LogP contribution is -2.43. The first-order valence-electron chi connectivity index (χ1n) is 9.41. The van der Waals surface area contributed by atoms with Gasteiger partial charge < -0.3 is 10.4 Å². The Hall–Kier alpha value is -2.48. The fourth-order valence-corrected chi connectivity index (χ4v) is 4.52. The van der Waals surface area contributed by atoms with E-state index in [1.807, 2.05) is 4.90 Å². The molecule has 27 heavy (non-hydrogen) atoms. The quantitative estimate of drug-likeness (QED) is 0.584. The van der Waals surface area contributed by atoms with Crippen molar-refractivity contribution in [2.45, 2.75) is 57.5 Å². The molecule has 8 heteroatoms. The standard InChI is InChI=1S/C19H25N3O5/c1-12-14(6-4-8-15(12)22(26)27)20-18(23)9-10-21-16-7-3-2-5-13(16)11-17(21)19(24)25/h4,6,8,13,16-17H,2-3,5,7,9-11H2,1H3,(H,20,23)(H,24,25). The number of nitro benzene ring substituents is 1. The van der Waals surface area contributed by atoms with Crippen LogP contribution in [-0.2, 0) is 9.59 Å². The first kappa shape index (κ1) is 19.3. The minimum Gasteiger partial charge on any atom is -0.480 e. The zero-order valence-corrected chi connectivity index (χ0v) is 15.4. The van der Waals surface area contributed by atoms with Crippen LogP contribution in [0.25, 0.3) is 0 Å². The van der Waals surface area contributed by atoms with Crippen LogP contribution in [0.4, 0.5) is 11.4 Å². The van der Waals surface area contributed by atoms with Crippen LogP contribution >= 0.6 is 0 Å². The molecule has 1 aromatic carbocycles. The van der Waals surface area contributed by atoms with Crippen molar-refractivity contribution in [3.8, 4) is 0 Å². The van der Waals surface area contributed by atoms with E-state index < -0.39 is 16.9 Å². The Labute approximate surface area is 157 Å². The van der Waals surface area contributed by atoms with Crippen molar-refractivity contribution in [3.63, 3.8) is 0 Å². The normalized spacial score (nSPS) is 25.0. The molecular weight excluding hydrogens is 350 g/mol. The van der Waals surface area contributed by atoms with Gasteiger partial charge in [0.1, 0.15) is 6.04 Å². The van der Waals surface area contributed by atoms with Gasteiger partial charge in [-0.3, -0.25) is 24.6 Å². The van der Waals surface area contributed by atoms with E-state index in [0.717, 1.165) is 25.7 Å². The van der Waals surface area contributed by atoms with Crippen molar-refractivity contribution in [1.29, 1.82) is 0 Å². The van der Waals surface area contributed by atoms with Crippen LogP contribution in [0.2, 0.25) is 0 Å². The van der Waals surface area contributed by atoms with Gasteiger partial charge in [-0.15, -0.1) is 0 Å². The van der Waals surface area contributed by atoms with Crippen molar-refractivity contribution in [3.05, 3.63) is 33.9 Å². The molecule has 8 nitrogen and oxygen atoms in total. The summed E-state index contributed by atoms with van der Waals surface area (Å²) in [4.78, 5) is 36.5. The van der Waals surface area contributed by atoms with E-state index in [1.165, 1.54) is 12.1 Å². The Bertz CT molecular complexity index is 751. The molecule has 3 unspecified atom stereocenters. The van der Waals surface area contributed by atoms with Crippen molar-refractivity contribution >= 4 is 23.3 Å². The number of nitro groups is 1. The summed E-state index contributed by atoms with van der Waals surface area (Å²) in [5, 5.41) is 23.3. The molecule has 1 aliphatic heterocycles. The molecule has 1 saturated carbocycles. The second-order valence-electron chi connectivity index (χ2n) is 7.44. The molecule has 1 aliphatic carbocycles. The molecule has 3 rings (SSSR count). The molecule has 146 valence electrons. The largest absolute Gasteiger partial charge is 0.480 e. The first-order valence-corrected chi connectivity index (χ1v) is 9.41. The van der Waals surface area contributed by atoms with Gasteiger partial charge in [0.05, 0.1) is 16.2 Å². The number of hydrogen-bond acceptors (Lipinski definition) is 5. The van der Waals surface area contributed by atoms with Gasteiger partial charge in [0, 0.05) is 25.1 Å². The minimum atomic E-state index is -0.820. The molecule has 1 heterocycles. The van der Waals surface area contributed by atoms with Gasteiger partial charge in [0.2, 0.25) is 5.91 Å². The van der Waals surface area contributed by atoms with Crippen LogP contribution in [0.15, 0.2) is 18.2 Å². The molecule has 1 saturated heterocycles. The SMILES string of the molecule is Cc1c(NC(=O)CCN2C(C(=O)O)CC3CCCCC32)cccc1[N+](=O)[O-]. The minimum absolute atomic E-state index is 0.0386. The third-order valence-electron chi connectivity index (χ3n) is 5.88. The van der Waals surface area contributed by atoms with E-state index in [4.69, 9.17) is 0 Å². The van der Waals surface area contributed by atoms with Gasteiger partial charge in [-0.25, -0.2) is 0 Å². The molecule has 0 radical (unpaired) electrons. The number of nitrogens with one attached hydrogen (secondary N) is 1. The molecule has 2 fully saturated rings. The fourth-order valence-electron chi connectivity index (χ4n) is 4.52. The molecule has 2 aliphatic rings.